The first-order valence-corrected chi connectivity index (χ1v) is 5.73. The largest absolute Gasteiger partial charge is 0.416 e. The summed E-state index contributed by atoms with van der Waals surface area (Å²) >= 11 is 0. The fourth-order valence-electron chi connectivity index (χ4n) is 1.52. The Morgan fingerprint density at radius 3 is 2.71 bits per heavy atom. The third-order valence-electron chi connectivity index (χ3n) is 2.47. The Balaban J connectivity index is 2.66. The second-order valence-corrected chi connectivity index (χ2v) is 4.12. The number of nitrogens with zero attached hydrogens (tertiary/aromatic N) is 1. The fraction of sp³-hybridized carbons (Fsp3) is 0.583. The van der Waals surface area contributed by atoms with Crippen molar-refractivity contribution in [2.45, 2.75) is 45.3 Å². The van der Waals surface area contributed by atoms with Crippen LogP contribution in [-0.4, -0.2) is 11.0 Å². The van der Waals surface area contributed by atoms with Gasteiger partial charge in [-0.25, -0.2) is 4.98 Å². The number of alkyl halides is 3. The van der Waals surface area contributed by atoms with Crippen molar-refractivity contribution < 1.29 is 13.2 Å². The van der Waals surface area contributed by atoms with Crippen LogP contribution in [0.15, 0.2) is 18.3 Å². The van der Waals surface area contributed by atoms with Gasteiger partial charge in [-0.15, -0.1) is 0 Å². The molecule has 96 valence electrons. The number of unbranched alkanes of at least 4 members (excludes halogenated alkanes) is 1. The van der Waals surface area contributed by atoms with Gasteiger partial charge in [0.25, 0.3) is 0 Å². The molecule has 0 amide bonds. The molecule has 0 radical (unpaired) electrons. The highest BCUT2D eigenvalue weighted by Crippen LogP contribution is 2.30. The average Bonchev–Trinajstić information content (AvgIpc) is 2.25. The SMILES string of the molecule is CCCCC(C)Nc1cc(C(F)(F)F)ccn1. The van der Waals surface area contributed by atoms with E-state index in [1.54, 1.807) is 0 Å². The number of halogens is 3. The van der Waals surface area contributed by atoms with Crippen molar-refractivity contribution >= 4 is 5.82 Å². The van der Waals surface area contributed by atoms with Crippen LogP contribution in [0, 0.1) is 0 Å². The van der Waals surface area contributed by atoms with E-state index in [4.69, 9.17) is 0 Å². The summed E-state index contributed by atoms with van der Waals surface area (Å²) in [4.78, 5) is 3.89. The smallest absolute Gasteiger partial charge is 0.368 e. The highest BCUT2D eigenvalue weighted by Gasteiger charge is 2.30. The number of aromatic nitrogens is 1. The van der Waals surface area contributed by atoms with Gasteiger partial charge in [-0.05, 0) is 25.5 Å². The zero-order chi connectivity index (χ0) is 12.9. The molecule has 1 aromatic rings. The molecule has 0 fully saturated rings. The van der Waals surface area contributed by atoms with Crippen LogP contribution in [0.5, 0.6) is 0 Å². The molecular formula is C12H17F3N2. The molecule has 1 aromatic heterocycles. The first-order chi connectivity index (χ1) is 7.93. The molecule has 1 unspecified atom stereocenters. The highest BCUT2D eigenvalue weighted by molar-refractivity contribution is 5.39. The predicted octanol–water partition coefficient (Wildman–Crippen LogP) is 4.09. The molecule has 0 aliphatic heterocycles. The van der Waals surface area contributed by atoms with Crippen LogP contribution in [0.25, 0.3) is 0 Å². The van der Waals surface area contributed by atoms with E-state index in [-0.39, 0.29) is 11.9 Å². The molecule has 1 heterocycles. The van der Waals surface area contributed by atoms with Gasteiger partial charge in [-0.1, -0.05) is 19.8 Å². The van der Waals surface area contributed by atoms with E-state index in [9.17, 15) is 13.2 Å². The molecule has 1 atom stereocenters. The highest BCUT2D eigenvalue weighted by atomic mass is 19.4. The van der Waals surface area contributed by atoms with E-state index in [0.29, 0.717) is 0 Å². The third kappa shape index (κ3) is 4.63. The van der Waals surface area contributed by atoms with Gasteiger partial charge in [-0.3, -0.25) is 0 Å². The van der Waals surface area contributed by atoms with E-state index in [0.717, 1.165) is 31.4 Å². The molecule has 2 nitrogen and oxygen atoms in total. The summed E-state index contributed by atoms with van der Waals surface area (Å²) in [6.07, 6.45) is -0.0900. The van der Waals surface area contributed by atoms with Crippen LogP contribution >= 0.6 is 0 Å². The molecular weight excluding hydrogens is 229 g/mol. The minimum absolute atomic E-state index is 0.130. The first-order valence-electron chi connectivity index (χ1n) is 5.73. The van der Waals surface area contributed by atoms with E-state index >= 15 is 0 Å². The van der Waals surface area contributed by atoms with Crippen molar-refractivity contribution in [1.82, 2.24) is 4.98 Å². The number of hydrogen-bond donors (Lipinski definition) is 1. The van der Waals surface area contributed by atoms with E-state index in [2.05, 4.69) is 17.2 Å². The van der Waals surface area contributed by atoms with Crippen molar-refractivity contribution in [1.29, 1.82) is 0 Å². The van der Waals surface area contributed by atoms with E-state index in [1.807, 2.05) is 6.92 Å². The summed E-state index contributed by atoms with van der Waals surface area (Å²) in [6, 6.07) is 2.15. The standard InChI is InChI=1S/C12H17F3N2/c1-3-4-5-9(2)17-11-8-10(6-7-16-11)12(13,14)15/h6-9H,3-5H2,1-2H3,(H,16,17). The lowest BCUT2D eigenvalue weighted by atomic mass is 10.1. The summed E-state index contributed by atoms with van der Waals surface area (Å²) in [5.74, 6) is 0.281. The Kier molecular flexibility index (Phi) is 4.78. The maximum atomic E-state index is 12.5. The zero-order valence-electron chi connectivity index (χ0n) is 10.0. The average molecular weight is 246 g/mol. The minimum atomic E-state index is -4.31. The van der Waals surface area contributed by atoms with Crippen LogP contribution in [0.1, 0.15) is 38.7 Å². The summed E-state index contributed by atoms with van der Waals surface area (Å²) in [5, 5.41) is 2.98. The van der Waals surface area contributed by atoms with Gasteiger partial charge < -0.3 is 5.32 Å². The third-order valence-corrected chi connectivity index (χ3v) is 2.47. The molecule has 0 spiro atoms. The Hall–Kier alpha value is -1.26. The van der Waals surface area contributed by atoms with Gasteiger partial charge in [0.15, 0.2) is 0 Å². The van der Waals surface area contributed by atoms with Crippen LogP contribution in [0.3, 0.4) is 0 Å². The first kappa shape index (κ1) is 13.8. The van der Waals surface area contributed by atoms with Gasteiger partial charge in [-0.2, -0.15) is 13.2 Å². The summed E-state index contributed by atoms with van der Waals surface area (Å²) in [7, 11) is 0. The normalized spacial score (nSPS) is 13.5. The number of pyridine rings is 1. The van der Waals surface area contributed by atoms with Crippen LogP contribution in [-0.2, 0) is 6.18 Å². The molecule has 0 saturated heterocycles. The van der Waals surface area contributed by atoms with Crippen molar-refractivity contribution in [3.8, 4) is 0 Å². The lowest BCUT2D eigenvalue weighted by molar-refractivity contribution is -0.137. The second kappa shape index (κ2) is 5.89. The van der Waals surface area contributed by atoms with Gasteiger partial charge in [0.2, 0.25) is 0 Å². The van der Waals surface area contributed by atoms with Gasteiger partial charge in [0.1, 0.15) is 5.82 Å². The zero-order valence-corrected chi connectivity index (χ0v) is 10.0. The molecule has 0 aliphatic carbocycles. The van der Waals surface area contributed by atoms with Crippen molar-refractivity contribution in [3.63, 3.8) is 0 Å². The summed E-state index contributed by atoms with van der Waals surface area (Å²) in [6.45, 7) is 4.02. The number of nitrogens with one attached hydrogen (secondary N) is 1. The Morgan fingerprint density at radius 1 is 1.41 bits per heavy atom. The number of rotatable bonds is 5. The molecule has 0 saturated carbocycles. The lowest BCUT2D eigenvalue weighted by Crippen LogP contribution is -2.16. The Bertz CT molecular complexity index is 350. The van der Waals surface area contributed by atoms with E-state index < -0.39 is 11.7 Å². The maximum absolute atomic E-state index is 12.5. The van der Waals surface area contributed by atoms with Crippen LogP contribution in [0.4, 0.5) is 19.0 Å². The van der Waals surface area contributed by atoms with Crippen LogP contribution < -0.4 is 5.32 Å². The molecule has 0 aliphatic rings. The second-order valence-electron chi connectivity index (χ2n) is 4.12. The molecule has 1 N–H and O–H groups in total. The molecule has 0 bridgehead atoms. The monoisotopic (exact) mass is 246 g/mol. The summed E-state index contributed by atoms with van der Waals surface area (Å²) in [5.41, 5.74) is -0.669. The van der Waals surface area contributed by atoms with E-state index in [1.165, 1.54) is 6.20 Å². The van der Waals surface area contributed by atoms with Gasteiger partial charge in [0.05, 0.1) is 5.56 Å². The van der Waals surface area contributed by atoms with Crippen molar-refractivity contribution in [2.24, 2.45) is 0 Å². The Morgan fingerprint density at radius 2 is 2.12 bits per heavy atom. The molecule has 0 aromatic carbocycles. The Labute approximate surface area is 99.3 Å². The minimum Gasteiger partial charge on any atom is -0.368 e. The van der Waals surface area contributed by atoms with Crippen LogP contribution in [0.2, 0.25) is 0 Å². The predicted molar refractivity (Wildman–Crippen MR) is 61.8 cm³/mol. The number of anilines is 1. The van der Waals surface area contributed by atoms with Gasteiger partial charge in [0, 0.05) is 12.2 Å². The lowest BCUT2D eigenvalue weighted by Gasteiger charge is -2.15. The van der Waals surface area contributed by atoms with Crippen molar-refractivity contribution in [2.75, 3.05) is 5.32 Å². The topological polar surface area (TPSA) is 24.9 Å². The van der Waals surface area contributed by atoms with Gasteiger partial charge >= 0.3 is 6.18 Å². The van der Waals surface area contributed by atoms with Crippen molar-refractivity contribution in [3.05, 3.63) is 23.9 Å². The molecule has 17 heavy (non-hydrogen) atoms. The number of hydrogen-bond acceptors (Lipinski definition) is 2. The quantitative estimate of drug-likeness (QED) is 0.846. The summed E-state index contributed by atoms with van der Waals surface area (Å²) < 4.78 is 37.4. The molecule has 1 rings (SSSR count). The fourth-order valence-corrected chi connectivity index (χ4v) is 1.52. The molecule has 5 heteroatoms. The maximum Gasteiger partial charge on any atom is 0.416 e.